The molecule has 1 atom stereocenters. The predicted molar refractivity (Wildman–Crippen MR) is 87.6 cm³/mol. The molecule has 0 saturated carbocycles. The fraction of sp³-hybridized carbons (Fsp3) is 0.471. The summed E-state index contributed by atoms with van der Waals surface area (Å²) in [4.78, 5) is 0.344. The van der Waals surface area contributed by atoms with E-state index in [1.807, 2.05) is 25.1 Å². The molecule has 124 valence electrons. The van der Waals surface area contributed by atoms with E-state index in [0.717, 1.165) is 36.9 Å². The number of hydrogen-bond acceptors (Lipinski definition) is 4. The zero-order chi connectivity index (χ0) is 16.4. The van der Waals surface area contributed by atoms with E-state index in [1.165, 1.54) is 0 Å². The first-order chi connectivity index (χ1) is 11.1. The molecule has 2 aromatic rings. The van der Waals surface area contributed by atoms with Gasteiger partial charge in [-0.3, -0.25) is 0 Å². The molecule has 0 bridgehead atoms. The smallest absolute Gasteiger partial charge is 0.243 e. The van der Waals surface area contributed by atoms with Crippen molar-refractivity contribution in [2.45, 2.75) is 50.5 Å². The minimum absolute atomic E-state index is 0.251. The van der Waals surface area contributed by atoms with Crippen molar-refractivity contribution in [2.24, 2.45) is 0 Å². The second kappa shape index (κ2) is 6.45. The van der Waals surface area contributed by atoms with Gasteiger partial charge in [0, 0.05) is 12.6 Å². The lowest BCUT2D eigenvalue weighted by atomic mass is 10.1. The SMILES string of the molecule is CCc1ccc(S(=O)(=O)N2CCC[C@@H]2c2cc(CC)no2)cc1. The molecule has 1 aromatic heterocycles. The summed E-state index contributed by atoms with van der Waals surface area (Å²) in [6.45, 7) is 4.57. The Bertz CT molecular complexity index is 765. The molecule has 1 saturated heterocycles. The first-order valence-corrected chi connectivity index (χ1v) is 9.56. The van der Waals surface area contributed by atoms with Crippen LogP contribution in [-0.2, 0) is 22.9 Å². The van der Waals surface area contributed by atoms with Gasteiger partial charge in [-0.15, -0.1) is 0 Å². The highest BCUT2D eigenvalue weighted by Gasteiger charge is 2.38. The molecule has 23 heavy (non-hydrogen) atoms. The van der Waals surface area contributed by atoms with Crippen molar-refractivity contribution in [3.63, 3.8) is 0 Å². The summed E-state index contributed by atoms with van der Waals surface area (Å²) in [5.41, 5.74) is 1.99. The maximum Gasteiger partial charge on any atom is 0.243 e. The quantitative estimate of drug-likeness (QED) is 0.841. The maximum absolute atomic E-state index is 13.0. The average molecular weight is 334 g/mol. The third-order valence-corrected chi connectivity index (χ3v) is 6.33. The highest BCUT2D eigenvalue weighted by Crippen LogP contribution is 2.36. The van der Waals surface area contributed by atoms with Crippen LogP contribution in [0.15, 0.2) is 39.8 Å². The van der Waals surface area contributed by atoms with Gasteiger partial charge in [-0.2, -0.15) is 4.31 Å². The van der Waals surface area contributed by atoms with E-state index in [9.17, 15) is 8.42 Å². The van der Waals surface area contributed by atoms with E-state index in [2.05, 4.69) is 12.1 Å². The monoisotopic (exact) mass is 334 g/mol. The highest BCUT2D eigenvalue weighted by molar-refractivity contribution is 7.89. The van der Waals surface area contributed by atoms with Crippen molar-refractivity contribution in [2.75, 3.05) is 6.54 Å². The molecule has 2 heterocycles. The lowest BCUT2D eigenvalue weighted by Crippen LogP contribution is -2.30. The van der Waals surface area contributed by atoms with Gasteiger partial charge in [0.25, 0.3) is 0 Å². The van der Waals surface area contributed by atoms with E-state index < -0.39 is 10.0 Å². The standard InChI is InChI=1S/C17H22N2O3S/c1-3-13-7-9-15(10-8-13)23(20,21)19-11-5-6-16(19)17-12-14(4-2)18-22-17/h7-10,12,16H,3-6,11H2,1-2H3/t16-/m1/s1. The molecule has 1 aliphatic rings. The molecular weight excluding hydrogens is 312 g/mol. The summed E-state index contributed by atoms with van der Waals surface area (Å²) in [5, 5.41) is 3.99. The van der Waals surface area contributed by atoms with Crippen LogP contribution in [-0.4, -0.2) is 24.4 Å². The summed E-state index contributed by atoms with van der Waals surface area (Å²) in [6.07, 6.45) is 3.27. The fourth-order valence-corrected chi connectivity index (χ4v) is 4.66. The van der Waals surface area contributed by atoms with Gasteiger partial charge < -0.3 is 4.52 Å². The second-order valence-electron chi connectivity index (χ2n) is 5.85. The lowest BCUT2D eigenvalue weighted by molar-refractivity contribution is 0.296. The first kappa shape index (κ1) is 16.2. The van der Waals surface area contributed by atoms with Crippen molar-refractivity contribution >= 4 is 10.0 Å². The molecule has 0 aliphatic carbocycles. The van der Waals surface area contributed by atoms with Crippen molar-refractivity contribution in [1.29, 1.82) is 0 Å². The Balaban J connectivity index is 1.91. The van der Waals surface area contributed by atoms with Gasteiger partial charge in [-0.25, -0.2) is 8.42 Å². The molecule has 1 aromatic carbocycles. The largest absolute Gasteiger partial charge is 0.359 e. The summed E-state index contributed by atoms with van der Waals surface area (Å²) < 4.78 is 32.8. The molecule has 1 fully saturated rings. The number of benzene rings is 1. The number of aryl methyl sites for hydroxylation is 2. The summed E-state index contributed by atoms with van der Waals surface area (Å²) >= 11 is 0. The molecule has 0 amide bonds. The predicted octanol–water partition coefficient (Wildman–Crippen LogP) is 3.33. The Labute approximate surface area is 137 Å². The number of sulfonamides is 1. The molecular formula is C17H22N2O3S. The van der Waals surface area contributed by atoms with Crippen LogP contribution in [0.2, 0.25) is 0 Å². The first-order valence-electron chi connectivity index (χ1n) is 8.12. The molecule has 3 rings (SSSR count). The Morgan fingerprint density at radius 3 is 2.57 bits per heavy atom. The van der Waals surface area contributed by atoms with Crippen LogP contribution in [0.3, 0.4) is 0 Å². The molecule has 5 nitrogen and oxygen atoms in total. The van der Waals surface area contributed by atoms with Gasteiger partial charge in [-0.05, 0) is 43.4 Å². The average Bonchev–Trinajstić information content (AvgIpc) is 3.23. The minimum Gasteiger partial charge on any atom is -0.359 e. The van der Waals surface area contributed by atoms with Gasteiger partial charge in [0.1, 0.15) is 0 Å². The van der Waals surface area contributed by atoms with Crippen LogP contribution >= 0.6 is 0 Å². The van der Waals surface area contributed by atoms with Gasteiger partial charge in [0.2, 0.25) is 10.0 Å². The van der Waals surface area contributed by atoms with Crippen LogP contribution in [0.4, 0.5) is 0 Å². The zero-order valence-corrected chi connectivity index (χ0v) is 14.3. The van der Waals surface area contributed by atoms with E-state index in [-0.39, 0.29) is 6.04 Å². The molecule has 0 spiro atoms. The van der Waals surface area contributed by atoms with Crippen molar-refractivity contribution in [3.05, 3.63) is 47.3 Å². The molecule has 6 heteroatoms. The fourth-order valence-electron chi connectivity index (χ4n) is 3.00. The zero-order valence-electron chi connectivity index (χ0n) is 13.5. The van der Waals surface area contributed by atoms with Crippen LogP contribution in [0.5, 0.6) is 0 Å². The third kappa shape index (κ3) is 3.05. The number of hydrogen-bond donors (Lipinski definition) is 0. The Morgan fingerprint density at radius 1 is 1.22 bits per heavy atom. The topological polar surface area (TPSA) is 63.4 Å². The van der Waals surface area contributed by atoms with Crippen LogP contribution in [0, 0.1) is 0 Å². The second-order valence-corrected chi connectivity index (χ2v) is 7.74. The highest BCUT2D eigenvalue weighted by atomic mass is 32.2. The van der Waals surface area contributed by atoms with Gasteiger partial charge in [0.05, 0.1) is 16.6 Å². The number of nitrogens with zero attached hydrogens (tertiary/aromatic N) is 2. The van der Waals surface area contributed by atoms with Gasteiger partial charge in [-0.1, -0.05) is 31.1 Å². The van der Waals surface area contributed by atoms with Crippen LogP contribution in [0.25, 0.3) is 0 Å². The molecule has 1 aliphatic heterocycles. The van der Waals surface area contributed by atoms with Crippen LogP contribution in [0.1, 0.15) is 49.7 Å². The lowest BCUT2D eigenvalue weighted by Gasteiger charge is -2.22. The molecule has 0 radical (unpaired) electrons. The van der Waals surface area contributed by atoms with Crippen molar-refractivity contribution < 1.29 is 12.9 Å². The minimum atomic E-state index is -3.51. The van der Waals surface area contributed by atoms with Crippen molar-refractivity contribution in [3.8, 4) is 0 Å². The van der Waals surface area contributed by atoms with E-state index in [4.69, 9.17) is 4.52 Å². The van der Waals surface area contributed by atoms with E-state index in [0.29, 0.717) is 17.2 Å². The van der Waals surface area contributed by atoms with Gasteiger partial charge >= 0.3 is 0 Å². The molecule has 0 N–H and O–H groups in total. The van der Waals surface area contributed by atoms with Crippen molar-refractivity contribution in [1.82, 2.24) is 9.46 Å². The Hall–Kier alpha value is -1.66. The summed E-state index contributed by atoms with van der Waals surface area (Å²) in [5.74, 6) is 0.646. The van der Waals surface area contributed by atoms with Gasteiger partial charge in [0.15, 0.2) is 5.76 Å². The third-order valence-electron chi connectivity index (χ3n) is 4.41. The normalized spacial score (nSPS) is 19.3. The Kier molecular flexibility index (Phi) is 4.55. The molecule has 0 unspecified atom stereocenters. The summed E-state index contributed by atoms with van der Waals surface area (Å²) in [6, 6.07) is 8.77. The van der Waals surface area contributed by atoms with E-state index >= 15 is 0 Å². The summed E-state index contributed by atoms with van der Waals surface area (Å²) in [7, 11) is -3.51. The number of rotatable bonds is 5. The van der Waals surface area contributed by atoms with Crippen LogP contribution < -0.4 is 0 Å². The Morgan fingerprint density at radius 2 is 1.96 bits per heavy atom. The maximum atomic E-state index is 13.0. The number of aromatic nitrogens is 1. The van der Waals surface area contributed by atoms with E-state index in [1.54, 1.807) is 16.4 Å².